The molecule has 6 rings (SSSR count). The maximum Gasteiger partial charge on any atom is 0.269 e. The van der Waals surface area contributed by atoms with E-state index in [2.05, 4.69) is 45.9 Å². The van der Waals surface area contributed by atoms with Crippen LogP contribution in [-0.4, -0.2) is 33.7 Å². The van der Waals surface area contributed by atoms with E-state index >= 15 is 0 Å². The van der Waals surface area contributed by atoms with Crippen LogP contribution in [0, 0.1) is 10.1 Å². The predicted octanol–water partition coefficient (Wildman–Crippen LogP) is 7.16. The summed E-state index contributed by atoms with van der Waals surface area (Å²) in [6.45, 7) is 1.51. The minimum Gasteiger partial charge on any atom is -0.491 e. The Morgan fingerprint density at radius 1 is 0.892 bits per heavy atom. The number of hydrogen-bond donors (Lipinski definition) is 0. The number of para-hydroxylation sites is 2. The second-order valence-corrected chi connectivity index (χ2v) is 10.2. The minimum absolute atomic E-state index is 0.118. The van der Waals surface area contributed by atoms with Gasteiger partial charge in [0.15, 0.2) is 0 Å². The van der Waals surface area contributed by atoms with Gasteiger partial charge in [0.2, 0.25) is 0 Å². The van der Waals surface area contributed by atoms with Crippen molar-refractivity contribution in [2.24, 2.45) is 0 Å². The lowest BCUT2D eigenvalue weighted by Gasteiger charge is -2.27. The molecule has 190 valence electrons. The molecule has 4 aromatic rings. The molecule has 7 heteroatoms. The third-order valence-corrected chi connectivity index (χ3v) is 7.86. The van der Waals surface area contributed by atoms with Gasteiger partial charge in [-0.05, 0) is 74.2 Å². The molecule has 1 atom stereocenters. The summed E-state index contributed by atoms with van der Waals surface area (Å²) in [4.78, 5) is 18.0. The lowest BCUT2D eigenvalue weighted by Crippen LogP contribution is -2.34. The topological polar surface area (TPSA) is 73.4 Å². The van der Waals surface area contributed by atoms with E-state index in [-0.39, 0.29) is 16.7 Å². The first-order valence-electron chi connectivity index (χ1n) is 13.4. The summed E-state index contributed by atoms with van der Waals surface area (Å²) in [5.74, 6) is 1.89. The number of rotatable bonds is 7. The van der Waals surface area contributed by atoms with E-state index in [0.29, 0.717) is 12.6 Å². The number of nitro groups is 1. The molecule has 0 spiro atoms. The van der Waals surface area contributed by atoms with Crippen molar-refractivity contribution < 1.29 is 9.66 Å². The van der Waals surface area contributed by atoms with E-state index in [9.17, 15) is 10.1 Å². The molecule has 3 aromatic carbocycles. The van der Waals surface area contributed by atoms with Crippen LogP contribution in [0.5, 0.6) is 5.75 Å². The van der Waals surface area contributed by atoms with Crippen molar-refractivity contribution in [2.75, 3.05) is 18.1 Å². The average Bonchev–Trinajstić information content (AvgIpc) is 3.58. The molecule has 0 unspecified atom stereocenters. The highest BCUT2D eigenvalue weighted by Gasteiger charge is 2.26. The molecule has 2 aliphatic rings. The Bertz CT molecular complexity index is 1370. The van der Waals surface area contributed by atoms with E-state index in [4.69, 9.17) is 9.72 Å². The Labute approximate surface area is 216 Å². The van der Waals surface area contributed by atoms with E-state index in [1.54, 1.807) is 12.1 Å². The number of benzene rings is 3. The summed E-state index contributed by atoms with van der Waals surface area (Å²) >= 11 is 0. The van der Waals surface area contributed by atoms with Crippen LogP contribution in [0.1, 0.15) is 51.0 Å². The van der Waals surface area contributed by atoms with E-state index < -0.39 is 0 Å². The maximum absolute atomic E-state index is 11.0. The quantitative estimate of drug-likeness (QED) is 0.200. The number of nitrogens with zero attached hydrogens (tertiary/aromatic N) is 4. The van der Waals surface area contributed by atoms with Crippen LogP contribution in [-0.2, 0) is 0 Å². The van der Waals surface area contributed by atoms with Gasteiger partial charge in [-0.3, -0.25) is 10.1 Å². The molecule has 1 aromatic heterocycles. The number of nitro benzene ring substituents is 1. The second kappa shape index (κ2) is 10.2. The Morgan fingerprint density at radius 3 is 2.41 bits per heavy atom. The highest BCUT2D eigenvalue weighted by atomic mass is 16.6. The Balaban J connectivity index is 1.17. The van der Waals surface area contributed by atoms with Crippen LogP contribution >= 0.6 is 0 Å². The number of ether oxygens (including phenoxy) is 1. The molecule has 1 aliphatic heterocycles. The van der Waals surface area contributed by atoms with Gasteiger partial charge < -0.3 is 14.2 Å². The maximum atomic E-state index is 11.0. The fraction of sp³-hybridized carbons (Fsp3) is 0.367. The van der Waals surface area contributed by atoms with E-state index in [0.717, 1.165) is 47.7 Å². The van der Waals surface area contributed by atoms with Crippen molar-refractivity contribution in [3.8, 4) is 17.1 Å². The predicted molar refractivity (Wildman–Crippen MR) is 146 cm³/mol. The van der Waals surface area contributed by atoms with Crippen molar-refractivity contribution in [3.05, 3.63) is 82.9 Å². The number of hydrogen-bond acceptors (Lipinski definition) is 5. The van der Waals surface area contributed by atoms with Crippen molar-refractivity contribution in [1.29, 1.82) is 0 Å². The Hall–Kier alpha value is -3.87. The molecular formula is C30H32N4O3. The first-order valence-corrected chi connectivity index (χ1v) is 13.4. The van der Waals surface area contributed by atoms with Gasteiger partial charge in [-0.1, -0.05) is 31.4 Å². The zero-order valence-corrected chi connectivity index (χ0v) is 21.0. The zero-order valence-electron chi connectivity index (χ0n) is 21.0. The lowest BCUT2D eigenvalue weighted by molar-refractivity contribution is -0.384. The van der Waals surface area contributed by atoms with Gasteiger partial charge in [-0.2, -0.15) is 0 Å². The lowest BCUT2D eigenvalue weighted by atomic mass is 9.95. The normalized spacial score (nSPS) is 18.4. The van der Waals surface area contributed by atoms with Gasteiger partial charge in [-0.25, -0.2) is 4.98 Å². The van der Waals surface area contributed by atoms with Crippen LogP contribution in [0.25, 0.3) is 22.4 Å². The summed E-state index contributed by atoms with van der Waals surface area (Å²) < 4.78 is 8.69. The van der Waals surface area contributed by atoms with Gasteiger partial charge in [-0.15, -0.1) is 0 Å². The number of imidazole rings is 1. The summed E-state index contributed by atoms with van der Waals surface area (Å²) in [5, 5.41) is 11.0. The SMILES string of the molecule is O=[N+]([O-])c1ccc(N2CCC[C@H]2COc2ccc(-c3nc4ccccc4n3C3CCCCC3)cc2)cc1. The molecule has 0 N–H and O–H groups in total. The van der Waals surface area contributed by atoms with Gasteiger partial charge in [0.1, 0.15) is 18.2 Å². The van der Waals surface area contributed by atoms with E-state index in [1.807, 2.05) is 24.3 Å². The van der Waals surface area contributed by atoms with Crippen molar-refractivity contribution in [3.63, 3.8) is 0 Å². The summed E-state index contributed by atoms with van der Waals surface area (Å²) in [5.41, 5.74) is 4.51. The number of non-ortho nitro benzene ring substituents is 1. The monoisotopic (exact) mass is 496 g/mol. The molecule has 37 heavy (non-hydrogen) atoms. The van der Waals surface area contributed by atoms with E-state index in [1.165, 1.54) is 37.6 Å². The molecule has 1 saturated heterocycles. The fourth-order valence-corrected chi connectivity index (χ4v) is 5.96. The van der Waals surface area contributed by atoms with Gasteiger partial charge in [0, 0.05) is 36.0 Å². The van der Waals surface area contributed by atoms with Gasteiger partial charge >= 0.3 is 0 Å². The molecule has 0 radical (unpaired) electrons. The van der Waals surface area contributed by atoms with Crippen LogP contribution < -0.4 is 9.64 Å². The van der Waals surface area contributed by atoms with Crippen LogP contribution in [0.4, 0.5) is 11.4 Å². The second-order valence-electron chi connectivity index (χ2n) is 10.2. The minimum atomic E-state index is -0.359. The van der Waals surface area contributed by atoms with Crippen LogP contribution in [0.2, 0.25) is 0 Å². The number of fused-ring (bicyclic) bond motifs is 1. The average molecular weight is 497 g/mol. The molecule has 7 nitrogen and oxygen atoms in total. The van der Waals surface area contributed by atoms with Crippen LogP contribution in [0.15, 0.2) is 72.8 Å². The number of aromatic nitrogens is 2. The molecular weight excluding hydrogens is 464 g/mol. The Kier molecular flexibility index (Phi) is 6.51. The summed E-state index contributed by atoms with van der Waals surface area (Å²) in [7, 11) is 0. The first kappa shape index (κ1) is 23.5. The first-order chi connectivity index (χ1) is 18.2. The fourth-order valence-electron chi connectivity index (χ4n) is 5.96. The van der Waals surface area contributed by atoms with Gasteiger partial charge in [0.25, 0.3) is 5.69 Å². The smallest absolute Gasteiger partial charge is 0.269 e. The van der Waals surface area contributed by atoms with Crippen LogP contribution in [0.3, 0.4) is 0 Å². The third kappa shape index (κ3) is 4.78. The standard InChI is InChI=1S/C30H32N4O3/c35-34(36)25-16-14-23(15-17-25)32-20-6-9-26(32)21-37-27-18-12-22(13-19-27)30-31-28-10-4-5-11-29(28)33(30)24-7-2-1-3-8-24/h4-5,10-19,24,26H,1-3,6-9,20-21H2/t26-/m0/s1. The zero-order chi connectivity index (χ0) is 25.2. The summed E-state index contributed by atoms with van der Waals surface area (Å²) in [6, 6.07) is 24.4. The largest absolute Gasteiger partial charge is 0.491 e. The van der Waals surface area contributed by atoms with Crippen molar-refractivity contribution >= 4 is 22.4 Å². The molecule has 1 aliphatic carbocycles. The number of anilines is 1. The highest BCUT2D eigenvalue weighted by Crippen LogP contribution is 2.36. The van der Waals surface area contributed by atoms with Crippen molar-refractivity contribution in [2.45, 2.75) is 57.0 Å². The highest BCUT2D eigenvalue weighted by molar-refractivity contribution is 5.81. The molecule has 2 heterocycles. The third-order valence-electron chi connectivity index (χ3n) is 7.86. The molecule has 1 saturated carbocycles. The molecule has 2 fully saturated rings. The Morgan fingerprint density at radius 2 is 1.65 bits per heavy atom. The molecule has 0 bridgehead atoms. The molecule has 0 amide bonds. The van der Waals surface area contributed by atoms with Crippen molar-refractivity contribution in [1.82, 2.24) is 9.55 Å². The summed E-state index contributed by atoms with van der Waals surface area (Å²) in [6.07, 6.45) is 8.43. The van der Waals surface area contributed by atoms with Gasteiger partial charge in [0.05, 0.1) is 22.0 Å².